The van der Waals surface area contributed by atoms with Gasteiger partial charge in [0, 0.05) is 133 Å². The summed E-state index contributed by atoms with van der Waals surface area (Å²) < 4.78 is 33.8. The highest BCUT2D eigenvalue weighted by atomic mass is 16.3. The molecule has 0 aliphatic heterocycles. The third-order valence-corrected chi connectivity index (χ3v) is 19.7. The van der Waals surface area contributed by atoms with Gasteiger partial charge in [0.15, 0.2) is 36.0 Å². The number of rotatable bonds is 4. The number of para-hydroxylation sites is 1. The highest BCUT2D eigenvalue weighted by Gasteiger charge is 2.26. The quantitative estimate of drug-likeness (QED) is 0.160. The molecule has 12 nitrogen and oxygen atoms in total. The maximum absolute atomic E-state index is 6.35. The third kappa shape index (κ3) is 10.2. The van der Waals surface area contributed by atoms with E-state index in [1.165, 1.54) is 33.0 Å². The lowest BCUT2D eigenvalue weighted by Crippen LogP contribution is -2.30. The maximum atomic E-state index is 6.35. The first-order valence-electron chi connectivity index (χ1n) is 33.5. The molecule has 20 rings (SSSR count). The summed E-state index contributed by atoms with van der Waals surface area (Å²) in [6, 6.07) is 73.1. The lowest BCUT2D eigenvalue weighted by atomic mass is 9.99. The minimum absolute atomic E-state index is 0.694. The molecule has 0 aliphatic carbocycles. The minimum Gasteiger partial charge on any atom is -0.455 e. The van der Waals surface area contributed by atoms with Gasteiger partial charge in [0.25, 0.3) is 0 Å². The van der Waals surface area contributed by atoms with Crippen molar-refractivity contribution in [3.8, 4) is 45.0 Å². The number of furan rings is 4. The van der Waals surface area contributed by atoms with E-state index in [0.717, 1.165) is 160 Å². The number of aromatic nitrogens is 8. The van der Waals surface area contributed by atoms with Crippen molar-refractivity contribution in [2.24, 2.45) is 28.2 Å². The molecule has 12 heterocycles. The van der Waals surface area contributed by atoms with E-state index in [1.807, 2.05) is 97.7 Å². The monoisotopic (exact) mass is 1300 g/mol. The van der Waals surface area contributed by atoms with E-state index < -0.39 is 0 Å². The highest BCUT2D eigenvalue weighted by molar-refractivity contribution is 6.23. The molecule has 100 heavy (non-hydrogen) atoms. The average Bonchev–Trinajstić information content (AvgIpc) is 1.59. The van der Waals surface area contributed by atoms with E-state index in [1.54, 1.807) is 0 Å². The molecule has 0 radical (unpaired) electrons. The van der Waals surface area contributed by atoms with Crippen LogP contribution in [0.5, 0.6) is 0 Å². The maximum Gasteiger partial charge on any atom is 0.227 e. The van der Waals surface area contributed by atoms with E-state index in [-0.39, 0.29) is 0 Å². The summed E-state index contributed by atoms with van der Waals surface area (Å²) in [5.74, 6) is 0. The first-order chi connectivity index (χ1) is 48.9. The number of aryl methyl sites for hydroxylation is 8. The summed E-state index contributed by atoms with van der Waals surface area (Å²) in [4.78, 5) is 17.8. The van der Waals surface area contributed by atoms with Crippen LogP contribution in [-0.4, -0.2) is 19.9 Å². The van der Waals surface area contributed by atoms with Crippen molar-refractivity contribution in [2.45, 2.75) is 27.7 Å². The minimum atomic E-state index is 0.694. The van der Waals surface area contributed by atoms with Crippen LogP contribution >= 0.6 is 0 Å². The number of hydrogen-bond acceptors (Lipinski definition) is 8. The molecule has 0 atom stereocenters. The highest BCUT2D eigenvalue weighted by Crippen LogP contribution is 2.44. The Morgan fingerprint density at radius 3 is 1.20 bits per heavy atom. The normalized spacial score (nSPS) is 11.6. The molecule has 12 heteroatoms. The lowest BCUT2D eigenvalue weighted by molar-refractivity contribution is -0.660. The van der Waals surface area contributed by atoms with Crippen LogP contribution in [0, 0.1) is 27.7 Å². The Labute approximate surface area is 575 Å². The molecule has 8 aromatic carbocycles. The predicted molar refractivity (Wildman–Crippen MR) is 401 cm³/mol. The zero-order valence-corrected chi connectivity index (χ0v) is 56.6. The van der Waals surface area contributed by atoms with Crippen LogP contribution in [0.3, 0.4) is 0 Å². The van der Waals surface area contributed by atoms with Crippen LogP contribution < -0.4 is 18.3 Å². The Morgan fingerprint density at radius 2 is 0.670 bits per heavy atom. The summed E-state index contributed by atoms with van der Waals surface area (Å²) in [6.45, 7) is 8.53. The van der Waals surface area contributed by atoms with E-state index in [4.69, 9.17) is 17.7 Å². The van der Waals surface area contributed by atoms with Crippen LogP contribution in [0.15, 0.2) is 286 Å². The van der Waals surface area contributed by atoms with Gasteiger partial charge in [-0.3, -0.25) is 15.0 Å². The van der Waals surface area contributed by atoms with Crippen LogP contribution in [0.4, 0.5) is 0 Å². The lowest BCUT2D eigenvalue weighted by Gasteiger charge is -2.05. The Hall–Kier alpha value is -12.8. The Morgan fingerprint density at radius 1 is 0.270 bits per heavy atom. The van der Waals surface area contributed by atoms with Gasteiger partial charge in [-0.15, -0.1) is 0 Å². The number of nitrogens with zero attached hydrogens (tertiary/aromatic N) is 8. The van der Waals surface area contributed by atoms with Gasteiger partial charge < -0.3 is 17.7 Å². The summed E-state index contributed by atoms with van der Waals surface area (Å²) in [6.07, 6.45) is 17.5. The van der Waals surface area contributed by atoms with E-state index in [2.05, 4.69) is 264 Å². The fourth-order valence-corrected chi connectivity index (χ4v) is 14.7. The molecule has 480 valence electrons. The van der Waals surface area contributed by atoms with E-state index in [9.17, 15) is 0 Å². The Balaban J connectivity index is 0.0000000997. The van der Waals surface area contributed by atoms with Crippen molar-refractivity contribution in [1.29, 1.82) is 0 Å². The van der Waals surface area contributed by atoms with Gasteiger partial charge in [-0.1, -0.05) is 97.1 Å². The van der Waals surface area contributed by atoms with Gasteiger partial charge >= 0.3 is 0 Å². The molecule has 0 bridgehead atoms. The second-order valence-corrected chi connectivity index (χ2v) is 25.8. The number of benzene rings is 8. The summed E-state index contributed by atoms with van der Waals surface area (Å²) in [7, 11) is 8.25. The Bertz CT molecular complexity index is 5870. The standard InChI is InChI=1S/4C22H17N2O/c1-14-8-9-16-21-15-6-5-12-23-17(15)10-11-19(21)25-22(16)20(14)18-7-3-4-13-24(18)2;1-14-10-11-16-21-15-7-3-4-8-17(15)23-13-19(21)25-22(16)20(14)18-9-5-6-12-24(18)2;1-14-10-11-17-20-16-8-4-3-7-15(16)13-23-22(20)25-21(17)19(14)18-9-5-6-12-24(18)2;1-14-6-8-17-21-16-10-11-23-13-15(16)7-9-19(21)25-22(17)20(14)18-5-3-4-12-24(18)2/h4*3-13H,1-2H3/q4*+1. The zero-order chi connectivity index (χ0) is 67.9. The summed E-state index contributed by atoms with van der Waals surface area (Å²) in [5.41, 5.74) is 23.0. The molecule has 0 spiro atoms. The topological polar surface area (TPSA) is 120 Å². The SMILES string of the molecule is Cc1ccc2c(oc3ccc4cnccc4c32)c1-c1cccc[n+]1C.Cc1ccc2c(oc3ccc4ncccc4c32)c1-c1cccc[n+]1C.Cc1ccc2c(oc3cnc4ccccc4c32)c1-c1cccc[n+]1C.Cc1ccc2c(oc3ncc4ccccc4c32)c1-c1cccc[n+]1C. The fourth-order valence-electron chi connectivity index (χ4n) is 14.7. The number of pyridine rings is 8. The van der Waals surface area contributed by atoms with Crippen LogP contribution in [0.1, 0.15) is 22.3 Å². The smallest absolute Gasteiger partial charge is 0.227 e. The molecule has 0 saturated heterocycles. The summed E-state index contributed by atoms with van der Waals surface area (Å²) in [5, 5.41) is 15.9. The van der Waals surface area contributed by atoms with Gasteiger partial charge in [0.2, 0.25) is 28.5 Å². The molecule has 0 N–H and O–H groups in total. The van der Waals surface area contributed by atoms with Crippen molar-refractivity contribution in [2.75, 3.05) is 0 Å². The Kier molecular flexibility index (Phi) is 15.0. The number of fused-ring (bicyclic) bond motifs is 20. The molecule has 20 aromatic rings. The molecule has 0 amide bonds. The number of hydrogen-bond donors (Lipinski definition) is 0. The van der Waals surface area contributed by atoms with Crippen molar-refractivity contribution in [1.82, 2.24) is 19.9 Å². The van der Waals surface area contributed by atoms with Crippen molar-refractivity contribution >= 4 is 131 Å². The van der Waals surface area contributed by atoms with Gasteiger partial charge in [0.1, 0.15) is 56.1 Å². The van der Waals surface area contributed by atoms with E-state index >= 15 is 0 Å². The first-order valence-corrected chi connectivity index (χ1v) is 33.5. The van der Waals surface area contributed by atoms with Crippen molar-refractivity contribution in [3.63, 3.8) is 0 Å². The van der Waals surface area contributed by atoms with Gasteiger partial charge in [0.05, 0.1) is 44.9 Å². The van der Waals surface area contributed by atoms with Crippen LogP contribution in [-0.2, 0) is 28.2 Å². The summed E-state index contributed by atoms with van der Waals surface area (Å²) >= 11 is 0. The molecular formula is C88H68N8O4+4. The molecule has 0 unspecified atom stereocenters. The van der Waals surface area contributed by atoms with Crippen molar-refractivity contribution < 1.29 is 35.9 Å². The molecule has 0 fully saturated rings. The second kappa shape index (κ2) is 24.7. The van der Waals surface area contributed by atoms with Gasteiger partial charge in [-0.2, -0.15) is 0 Å². The molecule has 0 aliphatic rings. The third-order valence-electron chi connectivity index (χ3n) is 19.7. The molecule has 12 aromatic heterocycles. The average molecular weight is 1300 g/mol. The van der Waals surface area contributed by atoms with Crippen LogP contribution in [0.2, 0.25) is 0 Å². The molecule has 0 saturated carbocycles. The molecular weight excluding hydrogens is 1230 g/mol. The fraction of sp³-hybridized carbons (Fsp3) is 0.0909. The van der Waals surface area contributed by atoms with Gasteiger partial charge in [-0.05, 0) is 127 Å². The zero-order valence-electron chi connectivity index (χ0n) is 56.6. The predicted octanol–water partition coefficient (Wildman–Crippen LogP) is 19.7. The second-order valence-electron chi connectivity index (χ2n) is 25.8. The van der Waals surface area contributed by atoms with Crippen LogP contribution in [0.25, 0.3) is 176 Å². The van der Waals surface area contributed by atoms with E-state index in [0.29, 0.717) is 5.71 Å². The largest absolute Gasteiger partial charge is 0.455 e. The van der Waals surface area contributed by atoms with Crippen molar-refractivity contribution in [3.05, 3.63) is 290 Å². The first kappa shape index (κ1) is 60.8. The van der Waals surface area contributed by atoms with Gasteiger partial charge in [-0.25, -0.2) is 23.3 Å².